The first-order valence-corrected chi connectivity index (χ1v) is 10.5. The lowest BCUT2D eigenvalue weighted by atomic mass is 9.84. The molecular formula is C23H27N3O5. The van der Waals surface area contributed by atoms with Crippen molar-refractivity contribution in [1.29, 1.82) is 0 Å². The Morgan fingerprint density at radius 1 is 1.00 bits per heavy atom. The fourth-order valence-corrected chi connectivity index (χ4v) is 3.86. The fraction of sp³-hybridized carbons (Fsp3) is 0.391. The van der Waals surface area contributed by atoms with Crippen molar-refractivity contribution in [3.05, 3.63) is 47.5 Å². The predicted octanol–water partition coefficient (Wildman–Crippen LogP) is 2.04. The molecule has 2 aromatic carbocycles. The molecule has 2 amide bonds. The number of hydrogen-bond acceptors (Lipinski definition) is 6. The van der Waals surface area contributed by atoms with Gasteiger partial charge in [0.2, 0.25) is 11.8 Å². The van der Waals surface area contributed by atoms with Crippen LogP contribution < -0.4 is 30.2 Å². The van der Waals surface area contributed by atoms with Crippen LogP contribution in [0.25, 0.3) is 0 Å². The van der Waals surface area contributed by atoms with Crippen molar-refractivity contribution < 1.29 is 23.8 Å². The second-order valence-electron chi connectivity index (χ2n) is 7.54. The SMILES string of the molecule is COc1ccc2cc1OCCCNCC(=O)NCCOc1ccc3c(c1)NC(=O)CC23. The molecule has 5 rings (SSSR count). The Kier molecular flexibility index (Phi) is 6.57. The summed E-state index contributed by atoms with van der Waals surface area (Å²) < 4.78 is 17.2. The smallest absolute Gasteiger partial charge is 0.234 e. The molecular weight excluding hydrogens is 398 g/mol. The van der Waals surface area contributed by atoms with E-state index < -0.39 is 0 Å². The van der Waals surface area contributed by atoms with E-state index in [0.29, 0.717) is 50.0 Å². The van der Waals surface area contributed by atoms with Crippen molar-refractivity contribution in [1.82, 2.24) is 10.6 Å². The van der Waals surface area contributed by atoms with E-state index in [0.717, 1.165) is 23.2 Å². The second-order valence-corrected chi connectivity index (χ2v) is 7.54. The van der Waals surface area contributed by atoms with Gasteiger partial charge in [-0.2, -0.15) is 0 Å². The summed E-state index contributed by atoms with van der Waals surface area (Å²) in [6, 6.07) is 11.5. The highest BCUT2D eigenvalue weighted by molar-refractivity contribution is 5.95. The molecule has 0 spiro atoms. The van der Waals surface area contributed by atoms with Gasteiger partial charge in [0.1, 0.15) is 12.4 Å². The number of fused-ring (bicyclic) bond motifs is 11. The van der Waals surface area contributed by atoms with Gasteiger partial charge in [0.25, 0.3) is 0 Å². The van der Waals surface area contributed by atoms with E-state index in [1.54, 1.807) is 7.11 Å². The zero-order valence-corrected chi connectivity index (χ0v) is 17.5. The molecule has 3 heterocycles. The van der Waals surface area contributed by atoms with Gasteiger partial charge in [-0.3, -0.25) is 9.59 Å². The highest BCUT2D eigenvalue weighted by Gasteiger charge is 2.27. The fourth-order valence-electron chi connectivity index (χ4n) is 3.86. The van der Waals surface area contributed by atoms with Gasteiger partial charge in [-0.25, -0.2) is 0 Å². The quantitative estimate of drug-likeness (QED) is 0.605. The first kappa shape index (κ1) is 21.0. The number of carbonyl (C=O) groups excluding carboxylic acids is 2. The molecule has 8 nitrogen and oxygen atoms in total. The number of methoxy groups -OCH3 is 1. The lowest BCUT2D eigenvalue weighted by molar-refractivity contribution is -0.120. The van der Waals surface area contributed by atoms with E-state index in [4.69, 9.17) is 14.2 Å². The summed E-state index contributed by atoms with van der Waals surface area (Å²) in [4.78, 5) is 24.3. The van der Waals surface area contributed by atoms with Crippen molar-refractivity contribution in [2.24, 2.45) is 0 Å². The molecule has 3 aliphatic rings. The van der Waals surface area contributed by atoms with Gasteiger partial charge in [0.15, 0.2) is 11.5 Å². The predicted molar refractivity (Wildman–Crippen MR) is 116 cm³/mol. The Hall–Kier alpha value is -3.26. The molecule has 31 heavy (non-hydrogen) atoms. The van der Waals surface area contributed by atoms with Crippen LogP contribution in [-0.2, 0) is 9.59 Å². The highest BCUT2D eigenvalue weighted by Crippen LogP contribution is 2.41. The molecule has 3 N–H and O–H groups in total. The second kappa shape index (κ2) is 9.70. The van der Waals surface area contributed by atoms with Crippen molar-refractivity contribution in [3.63, 3.8) is 0 Å². The van der Waals surface area contributed by atoms with Gasteiger partial charge in [0.05, 0.1) is 26.8 Å². The number of anilines is 1. The van der Waals surface area contributed by atoms with Crippen LogP contribution in [0, 0.1) is 0 Å². The van der Waals surface area contributed by atoms with Gasteiger partial charge in [-0.1, -0.05) is 12.1 Å². The van der Waals surface area contributed by atoms with Crippen LogP contribution in [0.1, 0.15) is 29.9 Å². The maximum atomic E-state index is 12.4. The summed E-state index contributed by atoms with van der Waals surface area (Å²) in [6.07, 6.45) is 1.09. The Labute approximate surface area is 181 Å². The molecule has 3 aliphatic heterocycles. The normalized spacial score (nSPS) is 19.6. The minimum atomic E-state index is -0.0888. The Bertz CT molecular complexity index is 962. The molecule has 0 fully saturated rings. The maximum absolute atomic E-state index is 12.4. The summed E-state index contributed by atoms with van der Waals surface area (Å²) >= 11 is 0. The number of hydrogen-bond donors (Lipinski definition) is 3. The van der Waals surface area contributed by atoms with E-state index in [-0.39, 0.29) is 24.3 Å². The monoisotopic (exact) mass is 425 g/mol. The average molecular weight is 425 g/mol. The van der Waals surface area contributed by atoms with Gasteiger partial charge in [0, 0.05) is 24.1 Å². The molecule has 164 valence electrons. The molecule has 1 unspecified atom stereocenters. The molecule has 1 atom stereocenters. The molecule has 0 aliphatic carbocycles. The number of carbonyl (C=O) groups is 2. The summed E-state index contributed by atoms with van der Waals surface area (Å²) in [7, 11) is 1.61. The van der Waals surface area contributed by atoms with Crippen molar-refractivity contribution in [2.75, 3.05) is 45.3 Å². The largest absolute Gasteiger partial charge is 0.493 e. The Balaban J connectivity index is 1.66. The van der Waals surface area contributed by atoms with Gasteiger partial charge < -0.3 is 30.2 Å². The molecule has 0 saturated carbocycles. The molecule has 6 bridgehead atoms. The van der Waals surface area contributed by atoms with Crippen LogP contribution in [0.2, 0.25) is 0 Å². The van der Waals surface area contributed by atoms with Crippen LogP contribution in [-0.4, -0.2) is 51.8 Å². The minimum absolute atomic E-state index is 0.0443. The lowest BCUT2D eigenvalue weighted by Crippen LogP contribution is -2.36. The van der Waals surface area contributed by atoms with Crippen LogP contribution in [0.5, 0.6) is 17.2 Å². The van der Waals surface area contributed by atoms with Crippen molar-refractivity contribution in [2.45, 2.75) is 18.8 Å². The van der Waals surface area contributed by atoms with E-state index in [9.17, 15) is 9.59 Å². The number of ether oxygens (including phenoxy) is 3. The zero-order chi connectivity index (χ0) is 21.6. The summed E-state index contributed by atoms with van der Waals surface area (Å²) in [5.41, 5.74) is 2.76. The number of nitrogens with one attached hydrogen (secondary N) is 3. The highest BCUT2D eigenvalue weighted by atomic mass is 16.5. The minimum Gasteiger partial charge on any atom is -0.493 e. The van der Waals surface area contributed by atoms with Crippen LogP contribution >= 0.6 is 0 Å². The standard InChI is InChI=1S/C23H27N3O5/c1-29-20-6-3-15-11-21(20)31-9-2-7-24-14-23(28)25-8-10-30-16-4-5-17-18(15)13-22(27)26-19(17)12-16/h3-6,11-12,18,24H,2,7-10,13-14H2,1H3,(H,25,28)(H,26,27). The number of benzene rings is 2. The topological polar surface area (TPSA) is 97.9 Å². The Morgan fingerprint density at radius 3 is 2.77 bits per heavy atom. The average Bonchev–Trinajstić information content (AvgIpc) is 2.77. The Morgan fingerprint density at radius 2 is 1.90 bits per heavy atom. The van der Waals surface area contributed by atoms with Crippen LogP contribution in [0.4, 0.5) is 5.69 Å². The zero-order valence-electron chi connectivity index (χ0n) is 17.5. The maximum Gasteiger partial charge on any atom is 0.234 e. The van der Waals surface area contributed by atoms with E-state index in [1.807, 2.05) is 36.4 Å². The summed E-state index contributed by atoms with van der Waals surface area (Å²) in [5.74, 6) is 1.71. The molecule has 8 heteroatoms. The van der Waals surface area contributed by atoms with Crippen molar-refractivity contribution in [3.8, 4) is 17.2 Å². The third kappa shape index (κ3) is 5.08. The van der Waals surface area contributed by atoms with Gasteiger partial charge in [-0.05, 0) is 42.3 Å². The van der Waals surface area contributed by atoms with Crippen LogP contribution in [0.15, 0.2) is 36.4 Å². The summed E-state index contributed by atoms with van der Waals surface area (Å²) in [5, 5.41) is 8.87. The van der Waals surface area contributed by atoms with Gasteiger partial charge >= 0.3 is 0 Å². The molecule has 0 radical (unpaired) electrons. The third-order valence-corrected chi connectivity index (χ3v) is 5.39. The number of rotatable bonds is 1. The number of amides is 2. The third-order valence-electron chi connectivity index (χ3n) is 5.39. The first-order chi connectivity index (χ1) is 15.1. The molecule has 0 aromatic heterocycles. The molecule has 0 saturated heterocycles. The van der Waals surface area contributed by atoms with E-state index in [1.165, 1.54) is 0 Å². The van der Waals surface area contributed by atoms with Crippen molar-refractivity contribution >= 4 is 17.5 Å². The first-order valence-electron chi connectivity index (χ1n) is 10.5. The van der Waals surface area contributed by atoms with E-state index >= 15 is 0 Å². The molecule has 2 aromatic rings. The van der Waals surface area contributed by atoms with E-state index in [2.05, 4.69) is 16.0 Å². The van der Waals surface area contributed by atoms with Gasteiger partial charge in [-0.15, -0.1) is 0 Å². The van der Waals surface area contributed by atoms with Crippen LogP contribution in [0.3, 0.4) is 0 Å². The summed E-state index contributed by atoms with van der Waals surface area (Å²) in [6.45, 7) is 2.12. The lowest BCUT2D eigenvalue weighted by Gasteiger charge is -2.27.